The fourth-order valence-electron chi connectivity index (χ4n) is 5.15. The van der Waals surface area contributed by atoms with Crippen LogP contribution in [-0.2, 0) is 17.5 Å². The number of carbonyl (C=O) groups is 2. The van der Waals surface area contributed by atoms with E-state index in [9.17, 15) is 57.9 Å². The van der Waals surface area contributed by atoms with Gasteiger partial charge in [-0.3, -0.25) is 9.59 Å². The van der Waals surface area contributed by atoms with Gasteiger partial charge in [-0.1, -0.05) is 6.07 Å². The van der Waals surface area contributed by atoms with E-state index in [4.69, 9.17) is 0 Å². The molecule has 0 heterocycles. The maximum absolute atomic E-state index is 16.4. The van der Waals surface area contributed by atoms with Crippen molar-refractivity contribution in [2.75, 3.05) is 16.8 Å². The van der Waals surface area contributed by atoms with Crippen LogP contribution < -0.4 is 10.2 Å². The molecule has 2 aliphatic carbocycles. The van der Waals surface area contributed by atoms with Gasteiger partial charge in [-0.2, -0.15) is 39.5 Å². The molecule has 1 N–H and O–H groups in total. The van der Waals surface area contributed by atoms with Gasteiger partial charge in [-0.25, -0.2) is 17.6 Å². The standard InChI is InChI=1S/C31H20BrF13N2O2/c32-21-12-16(28(36,30(40,41)42)31(43,44)45)11-20(29(37,38)39)23(21)46-25(48)18-7-8-19(27(35)9-10-27)24(22(18)34)47(13-14-1-2-14)26(49)15-3-5-17(33)6-4-15/h3-8,11-12,14H,1-2,9-10,13H2,(H,46,48). The van der Waals surface area contributed by atoms with Crippen LogP contribution in [0.25, 0.3) is 0 Å². The Morgan fingerprint density at radius 1 is 0.857 bits per heavy atom. The summed E-state index contributed by atoms with van der Waals surface area (Å²) in [4.78, 5) is 27.7. The number of benzene rings is 3. The van der Waals surface area contributed by atoms with Crippen molar-refractivity contribution in [1.29, 1.82) is 0 Å². The van der Waals surface area contributed by atoms with Crippen molar-refractivity contribution in [3.8, 4) is 0 Å². The van der Waals surface area contributed by atoms with Gasteiger partial charge in [0.2, 0.25) is 0 Å². The van der Waals surface area contributed by atoms with Crippen LogP contribution in [0.2, 0.25) is 0 Å². The smallest absolute Gasteiger partial charge is 0.320 e. The number of amides is 2. The lowest BCUT2D eigenvalue weighted by Crippen LogP contribution is -2.50. The molecule has 0 spiro atoms. The van der Waals surface area contributed by atoms with Gasteiger partial charge in [0, 0.05) is 27.7 Å². The Balaban J connectivity index is 1.62. The zero-order valence-electron chi connectivity index (χ0n) is 24.3. The Labute approximate surface area is 276 Å². The molecule has 3 aromatic carbocycles. The zero-order chi connectivity index (χ0) is 36.5. The van der Waals surface area contributed by atoms with E-state index in [-0.39, 0.29) is 42.5 Å². The lowest BCUT2D eigenvalue weighted by molar-refractivity contribution is -0.348. The second kappa shape index (κ2) is 12.2. The number of alkyl halides is 11. The van der Waals surface area contributed by atoms with Crippen molar-refractivity contribution in [3.05, 3.63) is 92.5 Å². The monoisotopic (exact) mass is 778 g/mol. The van der Waals surface area contributed by atoms with E-state index in [1.807, 2.05) is 0 Å². The molecule has 4 nitrogen and oxygen atoms in total. The number of halogens is 14. The maximum atomic E-state index is 16.4. The Kier molecular flexibility index (Phi) is 9.07. The van der Waals surface area contributed by atoms with Gasteiger partial charge in [-0.15, -0.1) is 0 Å². The minimum atomic E-state index is -6.77. The molecule has 2 aliphatic rings. The second-order valence-corrected chi connectivity index (χ2v) is 12.5. The summed E-state index contributed by atoms with van der Waals surface area (Å²) in [5.41, 5.74) is -17.2. The molecule has 0 aliphatic heterocycles. The Morgan fingerprint density at radius 2 is 1.43 bits per heavy atom. The van der Waals surface area contributed by atoms with E-state index >= 15 is 8.78 Å². The van der Waals surface area contributed by atoms with Crippen LogP contribution in [0.4, 0.5) is 68.5 Å². The third-order valence-electron chi connectivity index (χ3n) is 8.09. The van der Waals surface area contributed by atoms with E-state index in [2.05, 4.69) is 15.9 Å². The highest BCUT2D eigenvalue weighted by Crippen LogP contribution is 2.56. The molecule has 49 heavy (non-hydrogen) atoms. The van der Waals surface area contributed by atoms with Gasteiger partial charge in [0.25, 0.3) is 11.8 Å². The molecule has 18 heteroatoms. The summed E-state index contributed by atoms with van der Waals surface area (Å²) in [6.45, 7) is -0.199. The molecular weight excluding hydrogens is 759 g/mol. The van der Waals surface area contributed by atoms with Gasteiger partial charge in [0.05, 0.1) is 22.5 Å². The van der Waals surface area contributed by atoms with Crippen molar-refractivity contribution in [1.82, 2.24) is 0 Å². The molecule has 2 amide bonds. The maximum Gasteiger partial charge on any atom is 0.435 e. The zero-order valence-corrected chi connectivity index (χ0v) is 25.9. The molecular formula is C31H20BrF13N2O2. The SMILES string of the molecule is O=C(Nc1c(Br)cc(C(F)(C(F)(F)F)C(F)(F)F)cc1C(F)(F)F)c1ccc(C2(F)CC2)c(N(CC2CC2)C(=O)c2ccc(F)cc2)c1F. The highest BCUT2D eigenvalue weighted by atomic mass is 79.9. The van der Waals surface area contributed by atoms with Gasteiger partial charge >= 0.3 is 24.2 Å². The first-order valence-electron chi connectivity index (χ1n) is 14.1. The predicted molar refractivity (Wildman–Crippen MR) is 151 cm³/mol. The van der Waals surface area contributed by atoms with E-state index in [0.29, 0.717) is 18.9 Å². The van der Waals surface area contributed by atoms with Crippen molar-refractivity contribution in [2.45, 2.75) is 55.5 Å². The Bertz CT molecular complexity index is 1780. The van der Waals surface area contributed by atoms with Crippen molar-refractivity contribution in [3.63, 3.8) is 0 Å². The first-order valence-corrected chi connectivity index (χ1v) is 14.9. The molecule has 2 saturated carbocycles. The fourth-order valence-corrected chi connectivity index (χ4v) is 5.71. The summed E-state index contributed by atoms with van der Waals surface area (Å²) in [5, 5.41) is 1.59. The Hall–Kier alpha value is -3.83. The molecule has 3 aromatic rings. The second-order valence-electron chi connectivity index (χ2n) is 11.6. The van der Waals surface area contributed by atoms with Crippen LogP contribution in [0.1, 0.15) is 63.1 Å². The average Bonchev–Trinajstić information content (AvgIpc) is 3.93. The molecule has 0 bridgehead atoms. The average molecular weight is 779 g/mol. The number of nitrogens with zero attached hydrogens (tertiary/aromatic N) is 1. The molecule has 2 fully saturated rings. The van der Waals surface area contributed by atoms with Crippen LogP contribution >= 0.6 is 15.9 Å². The van der Waals surface area contributed by atoms with Crippen molar-refractivity contribution >= 4 is 39.1 Å². The molecule has 5 rings (SSSR count). The number of hydrogen-bond acceptors (Lipinski definition) is 2. The van der Waals surface area contributed by atoms with Crippen LogP contribution in [0, 0.1) is 17.6 Å². The molecule has 0 atom stereocenters. The summed E-state index contributed by atoms with van der Waals surface area (Å²) in [5.74, 6) is -5.18. The van der Waals surface area contributed by atoms with Gasteiger partial charge in [-0.05, 0) is 90.0 Å². The summed E-state index contributed by atoms with van der Waals surface area (Å²) in [6, 6.07) is 4.54. The predicted octanol–water partition coefficient (Wildman–Crippen LogP) is 10.3. The van der Waals surface area contributed by atoms with Crippen molar-refractivity contribution in [2.24, 2.45) is 5.92 Å². The van der Waals surface area contributed by atoms with Gasteiger partial charge < -0.3 is 10.2 Å². The van der Waals surface area contributed by atoms with Gasteiger partial charge in [0.15, 0.2) is 5.82 Å². The third kappa shape index (κ3) is 6.84. The molecule has 0 radical (unpaired) electrons. The minimum absolute atomic E-state index is 0.118. The van der Waals surface area contributed by atoms with E-state index in [1.165, 1.54) is 0 Å². The quantitative estimate of drug-likeness (QED) is 0.232. The van der Waals surface area contributed by atoms with Crippen LogP contribution in [0.15, 0.2) is 53.0 Å². The topological polar surface area (TPSA) is 49.4 Å². The summed E-state index contributed by atoms with van der Waals surface area (Å²) >= 11 is 2.36. The minimum Gasteiger partial charge on any atom is -0.320 e. The van der Waals surface area contributed by atoms with Crippen LogP contribution in [-0.4, -0.2) is 30.7 Å². The molecule has 0 aromatic heterocycles. The number of anilines is 2. The molecule has 0 unspecified atom stereocenters. The normalized spacial score (nSPS) is 16.4. The van der Waals surface area contributed by atoms with E-state index in [1.54, 1.807) is 5.32 Å². The first kappa shape index (κ1) is 36.5. The fraction of sp³-hybridized carbons (Fsp3) is 0.355. The van der Waals surface area contributed by atoms with Crippen molar-refractivity contribution < 1.29 is 66.7 Å². The Morgan fingerprint density at radius 3 is 1.92 bits per heavy atom. The van der Waals surface area contributed by atoms with Crippen LogP contribution in [0.3, 0.4) is 0 Å². The number of hydrogen-bond donors (Lipinski definition) is 1. The molecule has 0 saturated heterocycles. The summed E-state index contributed by atoms with van der Waals surface area (Å²) in [7, 11) is 0. The van der Waals surface area contributed by atoms with E-state index in [0.717, 1.165) is 35.2 Å². The number of carbonyl (C=O) groups excluding carboxylic acids is 2. The largest absolute Gasteiger partial charge is 0.435 e. The number of nitrogens with one attached hydrogen (secondary N) is 1. The van der Waals surface area contributed by atoms with E-state index < -0.39 is 91.9 Å². The lowest BCUT2D eigenvalue weighted by Gasteiger charge is -2.31. The molecule has 264 valence electrons. The number of rotatable bonds is 8. The van der Waals surface area contributed by atoms with Crippen LogP contribution in [0.5, 0.6) is 0 Å². The third-order valence-corrected chi connectivity index (χ3v) is 8.72. The first-order chi connectivity index (χ1) is 22.5. The summed E-state index contributed by atoms with van der Waals surface area (Å²) in [6.07, 6.45) is -18.4. The highest BCUT2D eigenvalue weighted by Gasteiger charge is 2.73. The lowest BCUT2D eigenvalue weighted by atomic mass is 9.91. The highest BCUT2D eigenvalue weighted by molar-refractivity contribution is 9.10. The van der Waals surface area contributed by atoms with Gasteiger partial charge in [0.1, 0.15) is 11.5 Å². The summed E-state index contributed by atoms with van der Waals surface area (Å²) < 4.78 is 181.